The Bertz CT molecular complexity index is 679. The van der Waals surface area contributed by atoms with E-state index in [2.05, 4.69) is 5.32 Å². The van der Waals surface area contributed by atoms with Crippen LogP contribution in [0, 0.1) is 0 Å². The lowest BCUT2D eigenvalue weighted by Gasteiger charge is -2.19. The van der Waals surface area contributed by atoms with Crippen LogP contribution >= 0.6 is 0 Å². The summed E-state index contributed by atoms with van der Waals surface area (Å²) in [6.45, 7) is 0.805. The fourth-order valence-electron chi connectivity index (χ4n) is 2.53. The van der Waals surface area contributed by atoms with Crippen molar-refractivity contribution < 1.29 is 14.0 Å². The van der Waals surface area contributed by atoms with Gasteiger partial charge < -0.3 is 15.1 Å². The van der Waals surface area contributed by atoms with Crippen LogP contribution < -0.4 is 16.0 Å². The maximum atomic E-state index is 12.0. The first-order chi connectivity index (χ1) is 10.1. The van der Waals surface area contributed by atoms with E-state index in [1.165, 1.54) is 12.3 Å². The third kappa shape index (κ3) is 2.60. The molecule has 2 aromatic rings. The molecule has 0 fully saturated rings. The Labute approximate surface area is 121 Å². The molecule has 0 aliphatic carbocycles. The van der Waals surface area contributed by atoms with Gasteiger partial charge in [-0.1, -0.05) is 12.1 Å². The second-order valence-corrected chi connectivity index (χ2v) is 4.88. The van der Waals surface area contributed by atoms with Crippen LogP contribution in [0.3, 0.4) is 0 Å². The van der Waals surface area contributed by atoms with Crippen molar-refractivity contribution in [1.29, 1.82) is 0 Å². The molecule has 0 radical (unpaired) electrons. The number of nitrogens with two attached hydrogens (primary N) is 1. The smallest absolute Gasteiger partial charge is 0.293 e. The molecule has 1 aliphatic heterocycles. The van der Waals surface area contributed by atoms with Crippen molar-refractivity contribution in [2.24, 2.45) is 0 Å². The number of hydrogen-bond acceptors (Lipinski definition) is 5. The van der Waals surface area contributed by atoms with E-state index in [-0.39, 0.29) is 18.2 Å². The number of para-hydroxylation sites is 1. The van der Waals surface area contributed by atoms with Crippen LogP contribution in [-0.2, 0) is 11.2 Å². The van der Waals surface area contributed by atoms with Gasteiger partial charge in [-0.15, -0.1) is 0 Å². The Morgan fingerprint density at radius 2 is 2.14 bits per heavy atom. The van der Waals surface area contributed by atoms with Crippen LogP contribution in [0.1, 0.15) is 16.1 Å². The van der Waals surface area contributed by atoms with E-state index in [4.69, 9.17) is 10.2 Å². The molecule has 2 amide bonds. The Balaban J connectivity index is 1.66. The second kappa shape index (κ2) is 5.32. The van der Waals surface area contributed by atoms with Gasteiger partial charge in [0.1, 0.15) is 0 Å². The molecule has 2 heterocycles. The van der Waals surface area contributed by atoms with Crippen molar-refractivity contribution in [2.75, 3.05) is 23.7 Å². The molecule has 3 rings (SSSR count). The number of anilines is 2. The minimum absolute atomic E-state index is 0.0909. The third-order valence-electron chi connectivity index (χ3n) is 3.45. The average molecular weight is 285 g/mol. The zero-order valence-corrected chi connectivity index (χ0v) is 11.3. The summed E-state index contributed by atoms with van der Waals surface area (Å²) in [4.78, 5) is 25.6. The van der Waals surface area contributed by atoms with Crippen LogP contribution in [-0.4, -0.2) is 24.9 Å². The topological polar surface area (TPSA) is 88.6 Å². The highest BCUT2D eigenvalue weighted by atomic mass is 16.3. The number of hydrogen-bond donors (Lipinski definition) is 2. The summed E-state index contributed by atoms with van der Waals surface area (Å²) >= 11 is 0. The Hall–Kier alpha value is -2.76. The number of carbonyl (C=O) groups is 2. The lowest BCUT2D eigenvalue weighted by molar-refractivity contribution is -0.118. The first-order valence-corrected chi connectivity index (χ1v) is 6.65. The van der Waals surface area contributed by atoms with E-state index in [0.717, 1.165) is 17.7 Å². The molecule has 0 spiro atoms. The van der Waals surface area contributed by atoms with Crippen LogP contribution in [0.5, 0.6) is 0 Å². The largest absolute Gasteiger partial charge is 0.459 e. The maximum Gasteiger partial charge on any atom is 0.293 e. The SMILES string of the molecule is Nc1cccc2c1N(CC(=O)NC(=O)c1ccco1)CC2. The van der Waals surface area contributed by atoms with Crippen molar-refractivity contribution >= 4 is 23.2 Å². The average Bonchev–Trinajstić information content (AvgIpc) is 3.09. The lowest BCUT2D eigenvalue weighted by atomic mass is 10.1. The number of carbonyl (C=O) groups excluding carboxylic acids is 2. The monoisotopic (exact) mass is 285 g/mol. The van der Waals surface area contributed by atoms with E-state index in [1.54, 1.807) is 6.07 Å². The van der Waals surface area contributed by atoms with Crippen molar-refractivity contribution in [3.05, 3.63) is 47.9 Å². The maximum absolute atomic E-state index is 12.0. The number of rotatable bonds is 3. The second-order valence-electron chi connectivity index (χ2n) is 4.88. The number of nitrogen functional groups attached to an aromatic ring is 1. The fourth-order valence-corrected chi connectivity index (χ4v) is 2.53. The van der Waals surface area contributed by atoms with Crippen LogP contribution in [0.2, 0.25) is 0 Å². The highest BCUT2D eigenvalue weighted by Crippen LogP contribution is 2.33. The van der Waals surface area contributed by atoms with Crippen molar-refractivity contribution in [3.8, 4) is 0 Å². The first-order valence-electron chi connectivity index (χ1n) is 6.65. The van der Waals surface area contributed by atoms with Crippen LogP contribution in [0.25, 0.3) is 0 Å². The summed E-state index contributed by atoms with van der Waals surface area (Å²) in [5.74, 6) is -0.803. The number of amides is 2. The number of benzene rings is 1. The molecule has 6 heteroatoms. The molecule has 3 N–H and O–H groups in total. The van der Waals surface area contributed by atoms with Gasteiger partial charge in [0.2, 0.25) is 5.91 Å². The van der Waals surface area contributed by atoms with Gasteiger partial charge in [-0.25, -0.2) is 0 Å². The molecular formula is C15H15N3O3. The molecule has 0 atom stereocenters. The Kier molecular flexibility index (Phi) is 3.35. The number of nitrogens with zero attached hydrogens (tertiary/aromatic N) is 1. The fraction of sp³-hybridized carbons (Fsp3) is 0.200. The molecular weight excluding hydrogens is 270 g/mol. The summed E-state index contributed by atoms with van der Waals surface area (Å²) < 4.78 is 4.94. The predicted octanol–water partition coefficient (Wildman–Crippen LogP) is 1.18. The third-order valence-corrected chi connectivity index (χ3v) is 3.45. The Morgan fingerprint density at radius 3 is 2.90 bits per heavy atom. The number of nitrogens with one attached hydrogen (secondary N) is 1. The van der Waals surface area contributed by atoms with Gasteiger partial charge in [0, 0.05) is 6.54 Å². The van der Waals surface area contributed by atoms with Crippen LogP contribution in [0.15, 0.2) is 41.0 Å². The van der Waals surface area contributed by atoms with Gasteiger partial charge >= 0.3 is 0 Å². The van der Waals surface area contributed by atoms with Gasteiger partial charge in [0.25, 0.3) is 5.91 Å². The van der Waals surface area contributed by atoms with E-state index in [1.807, 2.05) is 23.1 Å². The molecule has 1 aromatic carbocycles. The molecule has 0 bridgehead atoms. The minimum Gasteiger partial charge on any atom is -0.459 e. The van der Waals surface area contributed by atoms with Crippen molar-refractivity contribution in [3.63, 3.8) is 0 Å². The highest BCUT2D eigenvalue weighted by Gasteiger charge is 2.24. The number of furan rings is 1. The minimum atomic E-state index is -0.537. The zero-order valence-electron chi connectivity index (χ0n) is 11.3. The molecule has 0 saturated carbocycles. The lowest BCUT2D eigenvalue weighted by Crippen LogP contribution is -2.39. The van der Waals surface area contributed by atoms with Crippen LogP contribution in [0.4, 0.5) is 11.4 Å². The molecule has 0 unspecified atom stereocenters. The summed E-state index contributed by atoms with van der Waals surface area (Å²) in [6.07, 6.45) is 2.23. The van der Waals surface area contributed by atoms with Crippen molar-refractivity contribution in [1.82, 2.24) is 5.32 Å². The quantitative estimate of drug-likeness (QED) is 0.827. The molecule has 108 valence electrons. The van der Waals surface area contributed by atoms with Gasteiger partial charge in [-0.3, -0.25) is 14.9 Å². The van der Waals surface area contributed by atoms with E-state index >= 15 is 0 Å². The standard InChI is InChI=1S/C15H15N3O3/c16-11-4-1-3-10-6-7-18(14(10)11)9-13(19)17-15(20)12-5-2-8-21-12/h1-5,8H,6-7,9,16H2,(H,17,19,20). The number of imide groups is 1. The van der Waals surface area contributed by atoms with Crippen molar-refractivity contribution in [2.45, 2.75) is 6.42 Å². The van der Waals surface area contributed by atoms with E-state index in [9.17, 15) is 9.59 Å². The molecule has 1 aromatic heterocycles. The van der Waals surface area contributed by atoms with Gasteiger partial charge in [0.05, 0.1) is 24.2 Å². The van der Waals surface area contributed by atoms with E-state index in [0.29, 0.717) is 12.2 Å². The Morgan fingerprint density at radius 1 is 1.29 bits per heavy atom. The summed E-state index contributed by atoms with van der Waals surface area (Å²) in [6, 6.07) is 8.81. The summed E-state index contributed by atoms with van der Waals surface area (Å²) in [5.41, 5.74) is 8.62. The molecule has 0 saturated heterocycles. The van der Waals surface area contributed by atoms with E-state index < -0.39 is 5.91 Å². The van der Waals surface area contributed by atoms with Gasteiger partial charge in [-0.05, 0) is 30.2 Å². The summed E-state index contributed by atoms with van der Waals surface area (Å²) in [5, 5.41) is 2.31. The highest BCUT2D eigenvalue weighted by molar-refractivity contribution is 6.04. The molecule has 1 aliphatic rings. The molecule has 21 heavy (non-hydrogen) atoms. The first kappa shape index (κ1) is 13.2. The van der Waals surface area contributed by atoms with Gasteiger partial charge in [-0.2, -0.15) is 0 Å². The number of fused-ring (bicyclic) bond motifs is 1. The normalized spacial score (nSPS) is 13.0. The van der Waals surface area contributed by atoms with Gasteiger partial charge in [0.15, 0.2) is 5.76 Å². The molecule has 6 nitrogen and oxygen atoms in total. The summed E-state index contributed by atoms with van der Waals surface area (Å²) in [7, 11) is 0. The predicted molar refractivity (Wildman–Crippen MR) is 78.0 cm³/mol. The zero-order chi connectivity index (χ0) is 14.8.